The van der Waals surface area contributed by atoms with E-state index < -0.39 is 0 Å². The zero-order valence-corrected chi connectivity index (χ0v) is 15.7. The van der Waals surface area contributed by atoms with Crippen molar-refractivity contribution in [1.82, 2.24) is 14.9 Å². The van der Waals surface area contributed by atoms with Gasteiger partial charge < -0.3 is 5.32 Å². The van der Waals surface area contributed by atoms with Crippen LogP contribution in [0.25, 0.3) is 10.9 Å². The van der Waals surface area contributed by atoms with Crippen LogP contribution in [-0.2, 0) is 19.5 Å². The van der Waals surface area contributed by atoms with Crippen LogP contribution in [0, 0.1) is 0 Å². The minimum absolute atomic E-state index is 0.953. The van der Waals surface area contributed by atoms with E-state index in [1.54, 1.807) is 0 Å². The van der Waals surface area contributed by atoms with Gasteiger partial charge in [0.2, 0.25) is 0 Å². The van der Waals surface area contributed by atoms with Crippen LogP contribution in [0.5, 0.6) is 0 Å². The third-order valence-corrected chi connectivity index (χ3v) is 5.33. The number of fused-ring (bicyclic) bond motifs is 2. The number of pyridine rings is 2. The maximum atomic E-state index is 4.62. The van der Waals surface area contributed by atoms with Crippen molar-refractivity contribution >= 4 is 22.4 Å². The highest BCUT2D eigenvalue weighted by Crippen LogP contribution is 2.28. The molecule has 0 fully saturated rings. The van der Waals surface area contributed by atoms with Crippen LogP contribution in [0.3, 0.4) is 0 Å². The van der Waals surface area contributed by atoms with Crippen LogP contribution in [-0.4, -0.2) is 21.4 Å². The average Bonchev–Trinajstić information content (AvgIpc) is 2.74. The molecular weight excluding hydrogens is 344 g/mol. The number of hydrogen-bond donors (Lipinski definition) is 1. The Labute approximate surface area is 164 Å². The molecular formula is C24H22N4. The molecule has 2 aromatic heterocycles. The first-order valence-electron chi connectivity index (χ1n) is 9.70. The predicted octanol–water partition coefficient (Wildman–Crippen LogP) is 4.93. The first kappa shape index (κ1) is 16.9. The molecule has 1 aliphatic heterocycles. The predicted molar refractivity (Wildman–Crippen MR) is 114 cm³/mol. The van der Waals surface area contributed by atoms with Gasteiger partial charge in [-0.05, 0) is 35.7 Å². The molecule has 4 heteroatoms. The van der Waals surface area contributed by atoms with Crippen LogP contribution in [0.1, 0.15) is 16.7 Å². The van der Waals surface area contributed by atoms with E-state index in [9.17, 15) is 0 Å². The van der Waals surface area contributed by atoms with Crippen LogP contribution < -0.4 is 5.32 Å². The Morgan fingerprint density at radius 3 is 2.71 bits per heavy atom. The van der Waals surface area contributed by atoms with E-state index in [-0.39, 0.29) is 0 Å². The molecule has 3 heterocycles. The number of nitrogens with zero attached hydrogens (tertiary/aromatic N) is 3. The van der Waals surface area contributed by atoms with Gasteiger partial charge in [0.1, 0.15) is 5.82 Å². The standard InChI is InChI=1S/C24H22N4/c1-2-6-18(7-3-1)16-28-13-11-22-20(17-28)10-12-25-24(22)27-21-14-19-8-4-5-9-23(19)26-15-21/h1-10,12,14-15H,11,13,16-17H2,(H,25,27). The maximum absolute atomic E-state index is 4.62. The Hall–Kier alpha value is -3.24. The second-order valence-electron chi connectivity index (χ2n) is 7.29. The van der Waals surface area contributed by atoms with Gasteiger partial charge in [-0.3, -0.25) is 9.88 Å². The highest BCUT2D eigenvalue weighted by molar-refractivity contribution is 5.82. The number of hydrogen-bond acceptors (Lipinski definition) is 4. The molecule has 2 aromatic carbocycles. The lowest BCUT2D eigenvalue weighted by molar-refractivity contribution is 0.245. The van der Waals surface area contributed by atoms with Gasteiger partial charge in [-0.15, -0.1) is 0 Å². The van der Waals surface area contributed by atoms with Crippen LogP contribution in [0.2, 0.25) is 0 Å². The zero-order valence-electron chi connectivity index (χ0n) is 15.7. The fourth-order valence-electron chi connectivity index (χ4n) is 3.91. The fourth-order valence-corrected chi connectivity index (χ4v) is 3.91. The van der Waals surface area contributed by atoms with Crippen molar-refractivity contribution in [2.45, 2.75) is 19.5 Å². The van der Waals surface area contributed by atoms with E-state index in [0.717, 1.165) is 48.5 Å². The Morgan fingerprint density at radius 2 is 1.79 bits per heavy atom. The normalized spacial score (nSPS) is 14.0. The first-order chi connectivity index (χ1) is 13.8. The van der Waals surface area contributed by atoms with E-state index in [1.807, 2.05) is 30.6 Å². The van der Waals surface area contributed by atoms with Crippen molar-refractivity contribution in [3.05, 3.63) is 95.8 Å². The molecule has 0 atom stereocenters. The molecule has 1 aliphatic rings. The summed E-state index contributed by atoms with van der Waals surface area (Å²) in [5.41, 5.74) is 6.02. The summed E-state index contributed by atoms with van der Waals surface area (Å²) >= 11 is 0. The summed E-state index contributed by atoms with van der Waals surface area (Å²) in [5.74, 6) is 0.953. The summed E-state index contributed by atoms with van der Waals surface area (Å²) in [6.07, 6.45) is 4.79. The Bertz CT molecular complexity index is 1110. The quantitative estimate of drug-likeness (QED) is 0.556. The first-order valence-corrected chi connectivity index (χ1v) is 9.70. The minimum Gasteiger partial charge on any atom is -0.339 e. The van der Waals surface area contributed by atoms with Crippen LogP contribution in [0.15, 0.2) is 79.1 Å². The largest absolute Gasteiger partial charge is 0.339 e. The lowest BCUT2D eigenvalue weighted by atomic mass is 10.00. The molecule has 28 heavy (non-hydrogen) atoms. The minimum atomic E-state index is 0.953. The molecule has 0 radical (unpaired) electrons. The fraction of sp³-hybridized carbons (Fsp3) is 0.167. The monoisotopic (exact) mass is 366 g/mol. The Balaban J connectivity index is 1.37. The van der Waals surface area contributed by atoms with Crippen molar-refractivity contribution in [3.63, 3.8) is 0 Å². The van der Waals surface area contributed by atoms with Gasteiger partial charge in [0, 0.05) is 36.8 Å². The Morgan fingerprint density at radius 1 is 0.929 bits per heavy atom. The van der Waals surface area contributed by atoms with Gasteiger partial charge in [0.15, 0.2) is 0 Å². The van der Waals surface area contributed by atoms with E-state index >= 15 is 0 Å². The second kappa shape index (κ2) is 7.41. The molecule has 0 saturated carbocycles. The summed E-state index contributed by atoms with van der Waals surface area (Å²) < 4.78 is 0. The van der Waals surface area contributed by atoms with Crippen molar-refractivity contribution in [1.29, 1.82) is 0 Å². The molecule has 5 rings (SSSR count). The van der Waals surface area contributed by atoms with E-state index in [4.69, 9.17) is 0 Å². The maximum Gasteiger partial charge on any atom is 0.133 e. The van der Waals surface area contributed by atoms with Gasteiger partial charge in [-0.25, -0.2) is 4.98 Å². The van der Waals surface area contributed by atoms with Gasteiger partial charge in [-0.1, -0.05) is 48.5 Å². The zero-order chi connectivity index (χ0) is 18.8. The van der Waals surface area contributed by atoms with Crippen molar-refractivity contribution in [2.75, 3.05) is 11.9 Å². The number of para-hydroxylation sites is 1. The topological polar surface area (TPSA) is 41.1 Å². The molecule has 0 saturated heterocycles. The third-order valence-electron chi connectivity index (χ3n) is 5.33. The SMILES string of the molecule is c1ccc(CN2CCc3c(ccnc3Nc3cnc4ccccc4c3)C2)cc1. The van der Waals surface area contributed by atoms with Crippen molar-refractivity contribution in [3.8, 4) is 0 Å². The summed E-state index contributed by atoms with van der Waals surface area (Å²) in [5, 5.41) is 4.63. The molecule has 138 valence electrons. The molecule has 4 nitrogen and oxygen atoms in total. The molecule has 0 amide bonds. The summed E-state index contributed by atoms with van der Waals surface area (Å²) in [4.78, 5) is 11.7. The van der Waals surface area contributed by atoms with Crippen molar-refractivity contribution in [2.24, 2.45) is 0 Å². The highest BCUT2D eigenvalue weighted by atomic mass is 15.1. The third kappa shape index (κ3) is 3.47. The smallest absolute Gasteiger partial charge is 0.133 e. The second-order valence-corrected chi connectivity index (χ2v) is 7.29. The average molecular weight is 366 g/mol. The summed E-state index contributed by atoms with van der Waals surface area (Å²) in [6.45, 7) is 2.98. The highest BCUT2D eigenvalue weighted by Gasteiger charge is 2.19. The molecule has 0 aliphatic carbocycles. The van der Waals surface area contributed by atoms with Gasteiger partial charge >= 0.3 is 0 Å². The van der Waals surface area contributed by atoms with Gasteiger partial charge in [-0.2, -0.15) is 0 Å². The van der Waals surface area contributed by atoms with Gasteiger partial charge in [0.05, 0.1) is 17.4 Å². The number of aromatic nitrogens is 2. The number of rotatable bonds is 4. The Kier molecular flexibility index (Phi) is 4.47. The van der Waals surface area contributed by atoms with E-state index in [1.165, 1.54) is 16.7 Å². The van der Waals surface area contributed by atoms with Crippen LogP contribution in [0.4, 0.5) is 11.5 Å². The van der Waals surface area contributed by atoms with E-state index in [0.29, 0.717) is 0 Å². The van der Waals surface area contributed by atoms with Gasteiger partial charge in [0.25, 0.3) is 0 Å². The number of anilines is 2. The van der Waals surface area contributed by atoms with E-state index in [2.05, 4.69) is 68.7 Å². The molecule has 0 bridgehead atoms. The molecule has 4 aromatic rings. The molecule has 0 unspecified atom stereocenters. The lowest BCUT2D eigenvalue weighted by Crippen LogP contribution is -2.30. The lowest BCUT2D eigenvalue weighted by Gasteiger charge is -2.29. The van der Waals surface area contributed by atoms with Crippen LogP contribution >= 0.6 is 0 Å². The molecule has 0 spiro atoms. The molecule has 1 N–H and O–H groups in total. The summed E-state index contributed by atoms with van der Waals surface area (Å²) in [7, 11) is 0. The number of nitrogens with one attached hydrogen (secondary N) is 1. The van der Waals surface area contributed by atoms with Crippen molar-refractivity contribution < 1.29 is 0 Å². The summed E-state index contributed by atoms with van der Waals surface area (Å²) in [6, 6.07) is 23.1. The number of benzene rings is 2.